The molecule has 4 heteroatoms. The molecule has 0 spiro atoms. The van der Waals surface area contributed by atoms with Gasteiger partial charge in [0.2, 0.25) is 0 Å². The Hall–Kier alpha value is -1.32. The van der Waals surface area contributed by atoms with Gasteiger partial charge in [-0.15, -0.1) is 0 Å². The second-order valence-corrected chi connectivity index (χ2v) is 3.27. The molecule has 1 aliphatic carbocycles. The Morgan fingerprint density at radius 3 is 2.50 bits per heavy atom. The van der Waals surface area contributed by atoms with E-state index in [9.17, 15) is 9.59 Å². The summed E-state index contributed by atoms with van der Waals surface area (Å²) in [6, 6.07) is 0. The molecule has 0 fully saturated rings. The fourth-order valence-electron chi connectivity index (χ4n) is 1.41. The second kappa shape index (κ2) is 4.79. The third-order valence-electron chi connectivity index (χ3n) is 1.93. The van der Waals surface area contributed by atoms with Gasteiger partial charge in [-0.25, -0.2) is 0 Å². The van der Waals surface area contributed by atoms with Crippen LogP contribution in [0.1, 0.15) is 33.1 Å². The van der Waals surface area contributed by atoms with Crippen LogP contribution in [0.25, 0.3) is 0 Å². The Balaban J connectivity index is 2.39. The maximum atomic E-state index is 10.6. The Bertz CT molecular complexity index is 267. The van der Waals surface area contributed by atoms with Crippen molar-refractivity contribution in [2.75, 3.05) is 0 Å². The lowest BCUT2D eigenvalue weighted by molar-refractivity contribution is -0.147. The first kappa shape index (κ1) is 10.8. The number of hydrogen-bond donors (Lipinski definition) is 0. The molecule has 4 nitrogen and oxygen atoms in total. The number of hydrogen-bond acceptors (Lipinski definition) is 4. The van der Waals surface area contributed by atoms with Crippen molar-refractivity contribution < 1.29 is 19.1 Å². The molecule has 0 aromatic carbocycles. The standard InChI is InChI=1S/C10H14O4/c1-7(11)13-9-3-5-10(6-4-9)14-8(2)12/h3,10H,4-6H2,1-2H3/t10-/m1/s1. The third-order valence-corrected chi connectivity index (χ3v) is 1.93. The predicted octanol–water partition coefficient (Wildman–Crippen LogP) is 1.55. The average molecular weight is 198 g/mol. The lowest BCUT2D eigenvalue weighted by atomic mass is 10.0. The van der Waals surface area contributed by atoms with Crippen LogP contribution in [0, 0.1) is 0 Å². The molecular weight excluding hydrogens is 184 g/mol. The van der Waals surface area contributed by atoms with Gasteiger partial charge >= 0.3 is 11.9 Å². The van der Waals surface area contributed by atoms with Gasteiger partial charge in [0.05, 0.1) is 0 Å². The molecule has 78 valence electrons. The van der Waals surface area contributed by atoms with Gasteiger partial charge in [0, 0.05) is 26.7 Å². The lowest BCUT2D eigenvalue weighted by Gasteiger charge is -2.20. The Morgan fingerprint density at radius 2 is 2.07 bits per heavy atom. The van der Waals surface area contributed by atoms with Crippen LogP contribution in [0.5, 0.6) is 0 Å². The topological polar surface area (TPSA) is 52.6 Å². The third kappa shape index (κ3) is 3.60. The van der Waals surface area contributed by atoms with Crippen LogP contribution in [0.15, 0.2) is 11.8 Å². The van der Waals surface area contributed by atoms with Crippen LogP contribution >= 0.6 is 0 Å². The Kier molecular flexibility index (Phi) is 3.68. The van der Waals surface area contributed by atoms with Crippen LogP contribution in [-0.4, -0.2) is 18.0 Å². The van der Waals surface area contributed by atoms with Crippen molar-refractivity contribution in [1.29, 1.82) is 0 Å². The summed E-state index contributed by atoms with van der Waals surface area (Å²) in [5.74, 6) is 0.113. The van der Waals surface area contributed by atoms with Gasteiger partial charge in [0.25, 0.3) is 0 Å². The molecule has 1 rings (SSSR count). The van der Waals surface area contributed by atoms with E-state index < -0.39 is 0 Å². The highest BCUT2D eigenvalue weighted by molar-refractivity contribution is 5.67. The highest BCUT2D eigenvalue weighted by atomic mass is 16.5. The molecule has 0 unspecified atom stereocenters. The zero-order valence-corrected chi connectivity index (χ0v) is 8.41. The summed E-state index contributed by atoms with van der Waals surface area (Å²) in [4.78, 5) is 21.3. The molecule has 0 heterocycles. The SMILES string of the molecule is CC(=O)OC1=CC[C@@H](OC(C)=O)CC1. The highest BCUT2D eigenvalue weighted by Crippen LogP contribution is 2.21. The number of allylic oxidation sites excluding steroid dienone is 1. The van der Waals surface area contributed by atoms with Crippen molar-refractivity contribution in [3.8, 4) is 0 Å². The summed E-state index contributed by atoms with van der Waals surface area (Å²) >= 11 is 0. The zero-order valence-electron chi connectivity index (χ0n) is 8.41. The molecule has 0 aliphatic heterocycles. The van der Waals surface area contributed by atoms with Crippen LogP contribution in [0.2, 0.25) is 0 Å². The van der Waals surface area contributed by atoms with Crippen molar-refractivity contribution >= 4 is 11.9 Å². The van der Waals surface area contributed by atoms with Crippen LogP contribution < -0.4 is 0 Å². The largest absolute Gasteiger partial charge is 0.462 e. The van der Waals surface area contributed by atoms with Crippen molar-refractivity contribution in [2.45, 2.75) is 39.2 Å². The van der Waals surface area contributed by atoms with Gasteiger partial charge in [-0.05, 0) is 12.5 Å². The monoisotopic (exact) mass is 198 g/mol. The van der Waals surface area contributed by atoms with E-state index >= 15 is 0 Å². The minimum Gasteiger partial charge on any atom is -0.462 e. The molecule has 1 aliphatic rings. The molecule has 0 N–H and O–H groups in total. The maximum absolute atomic E-state index is 10.6. The molecule has 0 aromatic heterocycles. The molecule has 14 heavy (non-hydrogen) atoms. The first-order chi connectivity index (χ1) is 6.58. The van der Waals surface area contributed by atoms with Gasteiger partial charge in [0.1, 0.15) is 11.9 Å². The van der Waals surface area contributed by atoms with E-state index in [1.54, 1.807) is 6.08 Å². The normalized spacial score (nSPS) is 21.0. The summed E-state index contributed by atoms with van der Waals surface area (Å²) in [7, 11) is 0. The van der Waals surface area contributed by atoms with E-state index in [1.165, 1.54) is 13.8 Å². The van der Waals surface area contributed by atoms with E-state index in [2.05, 4.69) is 0 Å². The summed E-state index contributed by atoms with van der Waals surface area (Å²) in [5, 5.41) is 0. The minimum absolute atomic E-state index is 0.0631. The summed E-state index contributed by atoms with van der Waals surface area (Å²) in [5.41, 5.74) is 0. The predicted molar refractivity (Wildman–Crippen MR) is 49.3 cm³/mol. The second-order valence-electron chi connectivity index (χ2n) is 3.27. The average Bonchev–Trinajstić information content (AvgIpc) is 2.06. The van der Waals surface area contributed by atoms with Crippen molar-refractivity contribution in [1.82, 2.24) is 0 Å². The van der Waals surface area contributed by atoms with Gasteiger partial charge < -0.3 is 9.47 Å². The minimum atomic E-state index is -0.304. The van der Waals surface area contributed by atoms with Gasteiger partial charge in [-0.3, -0.25) is 9.59 Å². The number of esters is 2. The van der Waals surface area contributed by atoms with E-state index in [1.807, 2.05) is 0 Å². The van der Waals surface area contributed by atoms with Gasteiger partial charge in [0.15, 0.2) is 0 Å². The van der Waals surface area contributed by atoms with Crippen LogP contribution in [-0.2, 0) is 19.1 Å². The van der Waals surface area contributed by atoms with Gasteiger partial charge in [-0.2, -0.15) is 0 Å². The number of rotatable bonds is 2. The number of ether oxygens (including phenoxy) is 2. The number of carbonyl (C=O) groups is 2. The smallest absolute Gasteiger partial charge is 0.307 e. The summed E-state index contributed by atoms with van der Waals surface area (Å²) < 4.78 is 9.95. The molecule has 0 saturated carbocycles. The zero-order chi connectivity index (χ0) is 10.6. The molecule has 0 bridgehead atoms. The fraction of sp³-hybridized carbons (Fsp3) is 0.600. The highest BCUT2D eigenvalue weighted by Gasteiger charge is 2.18. The molecular formula is C10H14O4. The van der Waals surface area contributed by atoms with E-state index in [-0.39, 0.29) is 18.0 Å². The van der Waals surface area contributed by atoms with Crippen molar-refractivity contribution in [3.05, 3.63) is 11.8 Å². The van der Waals surface area contributed by atoms with Crippen LogP contribution in [0.4, 0.5) is 0 Å². The fourth-order valence-corrected chi connectivity index (χ4v) is 1.41. The molecule has 0 radical (unpaired) electrons. The first-order valence-corrected chi connectivity index (χ1v) is 4.62. The Morgan fingerprint density at radius 1 is 1.36 bits per heavy atom. The van der Waals surface area contributed by atoms with E-state index in [0.717, 1.165) is 6.42 Å². The molecule has 1 atom stereocenters. The quantitative estimate of drug-likeness (QED) is 0.632. The first-order valence-electron chi connectivity index (χ1n) is 4.62. The van der Waals surface area contributed by atoms with Crippen molar-refractivity contribution in [2.24, 2.45) is 0 Å². The maximum Gasteiger partial charge on any atom is 0.307 e. The van der Waals surface area contributed by atoms with Gasteiger partial charge in [-0.1, -0.05) is 0 Å². The summed E-state index contributed by atoms with van der Waals surface area (Å²) in [6.07, 6.45) is 3.74. The number of carbonyl (C=O) groups excluding carboxylic acids is 2. The molecule has 0 aromatic rings. The lowest BCUT2D eigenvalue weighted by Crippen LogP contribution is -2.19. The molecule has 0 amide bonds. The van der Waals surface area contributed by atoms with Crippen LogP contribution in [0.3, 0.4) is 0 Å². The Labute approximate surface area is 82.9 Å². The van der Waals surface area contributed by atoms with Crippen molar-refractivity contribution in [3.63, 3.8) is 0 Å². The summed E-state index contributed by atoms with van der Waals surface area (Å²) in [6.45, 7) is 2.77. The van der Waals surface area contributed by atoms with E-state index in [4.69, 9.17) is 9.47 Å². The molecule has 0 saturated heterocycles. The van der Waals surface area contributed by atoms with E-state index in [0.29, 0.717) is 18.6 Å².